The lowest BCUT2D eigenvalue weighted by Gasteiger charge is -1.94. The lowest BCUT2D eigenvalue weighted by atomic mass is 10.3. The highest BCUT2D eigenvalue weighted by Gasteiger charge is 2.12. The first-order valence-electron chi connectivity index (χ1n) is 3.11. The molecule has 66 valence electrons. The zero-order valence-corrected chi connectivity index (χ0v) is 6.29. The van der Waals surface area contributed by atoms with Gasteiger partial charge in [-0.3, -0.25) is 9.78 Å². The number of aromatic hydroxyl groups is 1. The Hall–Kier alpha value is -1.72. The number of carbonyl (C=O) groups is 1. The molecule has 0 bridgehead atoms. The van der Waals surface area contributed by atoms with Gasteiger partial charge in [0.2, 0.25) is 0 Å². The summed E-state index contributed by atoms with van der Waals surface area (Å²) in [5.41, 5.74) is 0.0202. The zero-order chi connectivity index (χ0) is 9.14. The van der Waals surface area contributed by atoms with E-state index in [1.807, 2.05) is 0 Å². The summed E-state index contributed by atoms with van der Waals surface area (Å²) >= 11 is 0. The van der Waals surface area contributed by atoms with Crippen molar-refractivity contribution in [3.63, 3.8) is 0 Å². The van der Waals surface area contributed by atoms with Crippen molar-refractivity contribution in [3.8, 4) is 5.95 Å². The van der Waals surface area contributed by atoms with Crippen LogP contribution in [0.4, 0.5) is 0 Å². The number of methoxy groups -OCH3 is 1. The van der Waals surface area contributed by atoms with Gasteiger partial charge in [-0.2, -0.15) is 0 Å². The molecular formula is C6H7NO5. The number of H-pyrrole nitrogens is 1. The number of esters is 1. The summed E-state index contributed by atoms with van der Waals surface area (Å²) in [5.74, 6) is -1.95. The average Bonchev–Trinajstić information content (AvgIpc) is 2.30. The quantitative estimate of drug-likeness (QED) is 0.582. The fraction of sp³-hybridized carbons (Fsp3) is 0.333. The third kappa shape index (κ3) is 1.66. The van der Waals surface area contributed by atoms with Crippen LogP contribution < -0.4 is 5.76 Å². The minimum absolute atomic E-state index is 0.0202. The summed E-state index contributed by atoms with van der Waals surface area (Å²) in [6.45, 7) is 0. The highest BCUT2D eigenvalue weighted by molar-refractivity contribution is 5.72. The number of aromatic nitrogens is 1. The molecule has 0 atom stereocenters. The fourth-order valence-corrected chi connectivity index (χ4v) is 0.688. The van der Waals surface area contributed by atoms with Gasteiger partial charge in [-0.25, -0.2) is 4.79 Å². The molecule has 1 aromatic rings. The number of rotatable bonds is 2. The van der Waals surface area contributed by atoms with Crippen LogP contribution in [0.25, 0.3) is 0 Å². The maximum atomic E-state index is 10.6. The zero-order valence-electron chi connectivity index (χ0n) is 6.29. The minimum atomic E-state index is -0.800. The van der Waals surface area contributed by atoms with E-state index in [0.717, 1.165) is 0 Å². The van der Waals surface area contributed by atoms with E-state index in [2.05, 4.69) is 14.1 Å². The second-order valence-electron chi connectivity index (χ2n) is 2.05. The summed E-state index contributed by atoms with van der Waals surface area (Å²) in [7, 11) is 1.21. The molecule has 0 saturated carbocycles. The number of aromatic amines is 1. The molecule has 6 nitrogen and oxygen atoms in total. The average molecular weight is 173 g/mol. The van der Waals surface area contributed by atoms with Crippen molar-refractivity contribution in [1.82, 2.24) is 4.98 Å². The Labute approximate surface area is 66.8 Å². The van der Waals surface area contributed by atoms with Crippen molar-refractivity contribution in [2.45, 2.75) is 6.42 Å². The van der Waals surface area contributed by atoms with Gasteiger partial charge in [-0.15, -0.1) is 0 Å². The molecule has 12 heavy (non-hydrogen) atoms. The topological polar surface area (TPSA) is 92.5 Å². The summed E-state index contributed by atoms with van der Waals surface area (Å²) in [4.78, 5) is 23.2. The van der Waals surface area contributed by atoms with Crippen LogP contribution in [-0.4, -0.2) is 23.2 Å². The van der Waals surface area contributed by atoms with Crippen molar-refractivity contribution in [3.05, 3.63) is 16.2 Å². The van der Waals surface area contributed by atoms with E-state index in [1.165, 1.54) is 7.11 Å². The first-order chi connectivity index (χ1) is 5.63. The number of oxazole rings is 1. The van der Waals surface area contributed by atoms with E-state index in [-0.39, 0.29) is 12.1 Å². The van der Waals surface area contributed by atoms with Gasteiger partial charge in [-0.1, -0.05) is 0 Å². The van der Waals surface area contributed by atoms with Gasteiger partial charge in [-0.05, 0) is 0 Å². The van der Waals surface area contributed by atoms with Crippen molar-refractivity contribution in [1.29, 1.82) is 0 Å². The summed E-state index contributed by atoms with van der Waals surface area (Å²) < 4.78 is 8.50. The number of ether oxygens (including phenoxy) is 1. The van der Waals surface area contributed by atoms with Crippen LogP contribution in [0.15, 0.2) is 9.21 Å². The molecule has 0 aliphatic heterocycles. The Morgan fingerprint density at radius 3 is 2.83 bits per heavy atom. The van der Waals surface area contributed by atoms with Crippen LogP contribution in [0.5, 0.6) is 5.95 Å². The summed E-state index contributed by atoms with van der Waals surface area (Å²) in [5, 5.41) is 8.87. The Morgan fingerprint density at radius 2 is 2.42 bits per heavy atom. The molecule has 2 N–H and O–H groups in total. The predicted molar refractivity (Wildman–Crippen MR) is 36.7 cm³/mol. The molecule has 0 aliphatic rings. The minimum Gasteiger partial charge on any atom is -0.479 e. The molecule has 6 heteroatoms. The molecule has 0 aromatic carbocycles. The van der Waals surface area contributed by atoms with Crippen LogP contribution in [0.1, 0.15) is 5.69 Å². The lowest BCUT2D eigenvalue weighted by molar-refractivity contribution is -0.139. The second kappa shape index (κ2) is 3.12. The standard InChI is InChI=1S/C6H7NO5/c1-11-4(8)2-3-5(9)12-6(10)7-3/h9H,2H2,1H3,(H,7,10). The highest BCUT2D eigenvalue weighted by atomic mass is 16.5. The van der Waals surface area contributed by atoms with Crippen LogP contribution >= 0.6 is 0 Å². The van der Waals surface area contributed by atoms with Crippen molar-refractivity contribution in [2.24, 2.45) is 0 Å². The van der Waals surface area contributed by atoms with Gasteiger partial charge in [0, 0.05) is 0 Å². The largest absolute Gasteiger partial charge is 0.479 e. The molecule has 0 amide bonds. The Morgan fingerprint density at radius 1 is 1.75 bits per heavy atom. The SMILES string of the molecule is COC(=O)Cc1[nH]c(=O)oc1O. The molecule has 0 radical (unpaired) electrons. The smallest absolute Gasteiger partial charge is 0.419 e. The first-order valence-corrected chi connectivity index (χ1v) is 3.11. The molecule has 0 spiro atoms. The molecule has 1 heterocycles. The second-order valence-corrected chi connectivity index (χ2v) is 2.05. The van der Waals surface area contributed by atoms with Gasteiger partial charge >= 0.3 is 17.7 Å². The van der Waals surface area contributed by atoms with Gasteiger partial charge in [0.05, 0.1) is 13.5 Å². The monoisotopic (exact) mass is 173 g/mol. The maximum absolute atomic E-state index is 10.6. The Kier molecular flexibility index (Phi) is 2.18. The lowest BCUT2D eigenvalue weighted by Crippen LogP contribution is -2.06. The summed E-state index contributed by atoms with van der Waals surface area (Å²) in [6, 6.07) is 0. The molecule has 1 aromatic heterocycles. The van der Waals surface area contributed by atoms with Crippen LogP contribution in [0.3, 0.4) is 0 Å². The molecule has 0 saturated heterocycles. The van der Waals surface area contributed by atoms with Crippen LogP contribution in [0, 0.1) is 0 Å². The third-order valence-electron chi connectivity index (χ3n) is 1.25. The van der Waals surface area contributed by atoms with Crippen molar-refractivity contribution >= 4 is 5.97 Å². The number of nitrogens with one attached hydrogen (secondary N) is 1. The van der Waals surface area contributed by atoms with Gasteiger partial charge in [0.1, 0.15) is 5.69 Å². The van der Waals surface area contributed by atoms with Crippen molar-refractivity contribution < 1.29 is 19.1 Å². The molecule has 1 rings (SSSR count). The van der Waals surface area contributed by atoms with E-state index in [1.54, 1.807) is 0 Å². The number of hydrogen-bond donors (Lipinski definition) is 2. The Bertz CT molecular complexity index is 336. The third-order valence-corrected chi connectivity index (χ3v) is 1.25. The molecular weight excluding hydrogens is 166 g/mol. The van der Waals surface area contributed by atoms with E-state index < -0.39 is 17.7 Å². The van der Waals surface area contributed by atoms with Gasteiger partial charge < -0.3 is 14.3 Å². The number of carbonyl (C=O) groups excluding carboxylic acids is 1. The molecule has 0 fully saturated rings. The van der Waals surface area contributed by atoms with E-state index >= 15 is 0 Å². The van der Waals surface area contributed by atoms with Gasteiger partial charge in [0.15, 0.2) is 0 Å². The van der Waals surface area contributed by atoms with Crippen LogP contribution in [-0.2, 0) is 16.0 Å². The molecule has 0 unspecified atom stereocenters. The van der Waals surface area contributed by atoms with Gasteiger partial charge in [0.25, 0.3) is 0 Å². The maximum Gasteiger partial charge on any atom is 0.419 e. The van der Waals surface area contributed by atoms with Crippen molar-refractivity contribution in [2.75, 3.05) is 7.11 Å². The fourth-order valence-electron chi connectivity index (χ4n) is 0.688. The normalized spacial score (nSPS) is 9.75. The highest BCUT2D eigenvalue weighted by Crippen LogP contribution is 2.11. The van der Waals surface area contributed by atoms with E-state index in [0.29, 0.717) is 0 Å². The molecule has 0 aliphatic carbocycles. The van der Waals surface area contributed by atoms with E-state index in [9.17, 15) is 9.59 Å². The number of hydrogen-bond acceptors (Lipinski definition) is 5. The Balaban J connectivity index is 2.82. The van der Waals surface area contributed by atoms with E-state index in [4.69, 9.17) is 5.11 Å². The predicted octanol–water partition coefficient (Wildman–Crippen LogP) is -0.611. The van der Waals surface area contributed by atoms with Crippen LogP contribution in [0.2, 0.25) is 0 Å². The summed E-state index contributed by atoms with van der Waals surface area (Å²) in [6.07, 6.45) is -0.214. The first kappa shape index (κ1) is 8.38.